The van der Waals surface area contributed by atoms with Crippen molar-refractivity contribution in [1.82, 2.24) is 15.5 Å². The Morgan fingerprint density at radius 2 is 2.60 bits per heavy atom. The van der Waals surface area contributed by atoms with E-state index >= 15 is 0 Å². The van der Waals surface area contributed by atoms with Crippen molar-refractivity contribution in [2.75, 3.05) is 18.1 Å². The largest absolute Gasteiger partial charge is 0.363 e. The number of nitrogens with two attached hydrogens (primary N) is 1. The predicted octanol–water partition coefficient (Wildman–Crippen LogP) is -0.584. The lowest BCUT2D eigenvalue weighted by molar-refractivity contribution is 0.0987. The SMILES string of the molecule is NC(=O)c1noc(CC2CSCCN2)n1. The molecular formula is C8H12N4O2S. The smallest absolute Gasteiger partial charge is 0.290 e. The number of nitrogens with one attached hydrogen (secondary N) is 1. The van der Waals surface area contributed by atoms with Crippen LogP contribution < -0.4 is 11.1 Å². The van der Waals surface area contributed by atoms with E-state index in [-0.39, 0.29) is 5.82 Å². The zero-order valence-corrected chi connectivity index (χ0v) is 8.92. The number of rotatable bonds is 3. The predicted molar refractivity (Wildman–Crippen MR) is 55.6 cm³/mol. The van der Waals surface area contributed by atoms with Gasteiger partial charge in [-0.15, -0.1) is 0 Å². The van der Waals surface area contributed by atoms with Crippen molar-refractivity contribution in [1.29, 1.82) is 0 Å². The summed E-state index contributed by atoms with van der Waals surface area (Å²) in [5, 5.41) is 6.83. The fraction of sp³-hybridized carbons (Fsp3) is 0.625. The number of nitrogens with zero attached hydrogens (tertiary/aromatic N) is 2. The van der Waals surface area contributed by atoms with Gasteiger partial charge in [0.2, 0.25) is 5.89 Å². The van der Waals surface area contributed by atoms with Gasteiger partial charge >= 0.3 is 0 Å². The zero-order valence-electron chi connectivity index (χ0n) is 8.10. The molecule has 0 aromatic carbocycles. The maximum atomic E-state index is 10.7. The maximum Gasteiger partial charge on any atom is 0.290 e. The van der Waals surface area contributed by atoms with E-state index < -0.39 is 5.91 Å². The van der Waals surface area contributed by atoms with Crippen molar-refractivity contribution < 1.29 is 9.32 Å². The molecule has 7 heteroatoms. The fourth-order valence-electron chi connectivity index (χ4n) is 1.40. The van der Waals surface area contributed by atoms with Crippen LogP contribution in [0.3, 0.4) is 0 Å². The summed E-state index contributed by atoms with van der Waals surface area (Å²) >= 11 is 1.89. The van der Waals surface area contributed by atoms with E-state index in [9.17, 15) is 4.79 Å². The van der Waals surface area contributed by atoms with Gasteiger partial charge in [0.1, 0.15) is 0 Å². The molecule has 0 saturated carbocycles. The Morgan fingerprint density at radius 3 is 3.20 bits per heavy atom. The standard InChI is InChI=1S/C8H12N4O2S/c9-7(13)8-11-6(14-12-8)3-5-4-15-2-1-10-5/h5,10H,1-4H2,(H2,9,13). The average molecular weight is 228 g/mol. The molecule has 6 nitrogen and oxygen atoms in total. The van der Waals surface area contributed by atoms with Gasteiger partial charge in [0, 0.05) is 30.5 Å². The van der Waals surface area contributed by atoms with Gasteiger partial charge in [0.15, 0.2) is 0 Å². The monoisotopic (exact) mass is 228 g/mol. The summed E-state index contributed by atoms with van der Waals surface area (Å²) in [6, 6.07) is 0.338. The van der Waals surface area contributed by atoms with E-state index in [2.05, 4.69) is 15.5 Å². The summed E-state index contributed by atoms with van der Waals surface area (Å²) in [7, 11) is 0. The van der Waals surface area contributed by atoms with Crippen LogP contribution >= 0.6 is 11.8 Å². The second-order valence-electron chi connectivity index (χ2n) is 3.31. The lowest BCUT2D eigenvalue weighted by atomic mass is 10.2. The number of hydrogen-bond donors (Lipinski definition) is 2. The molecule has 0 aliphatic carbocycles. The third-order valence-electron chi connectivity index (χ3n) is 2.11. The second kappa shape index (κ2) is 4.63. The second-order valence-corrected chi connectivity index (χ2v) is 4.46. The van der Waals surface area contributed by atoms with Crippen LogP contribution in [0.15, 0.2) is 4.52 Å². The highest BCUT2D eigenvalue weighted by atomic mass is 32.2. The van der Waals surface area contributed by atoms with E-state index in [1.165, 1.54) is 0 Å². The van der Waals surface area contributed by atoms with Crippen molar-refractivity contribution in [2.24, 2.45) is 5.73 Å². The Kier molecular flexibility index (Phi) is 3.22. The van der Waals surface area contributed by atoms with Gasteiger partial charge in [-0.05, 0) is 0 Å². The molecule has 1 aliphatic heterocycles. The first-order valence-corrected chi connectivity index (χ1v) is 5.84. The van der Waals surface area contributed by atoms with Crippen LogP contribution in [0.25, 0.3) is 0 Å². The average Bonchev–Trinajstić information content (AvgIpc) is 2.68. The Bertz CT molecular complexity index is 348. The molecule has 2 rings (SSSR count). The summed E-state index contributed by atoms with van der Waals surface area (Å²) < 4.78 is 4.92. The molecule has 0 bridgehead atoms. The first-order valence-electron chi connectivity index (χ1n) is 4.69. The molecule has 2 heterocycles. The first kappa shape index (κ1) is 10.4. The summed E-state index contributed by atoms with van der Waals surface area (Å²) in [4.78, 5) is 14.6. The normalized spacial score (nSPS) is 21.5. The Hall–Kier alpha value is -1.08. The summed E-state index contributed by atoms with van der Waals surface area (Å²) in [6.07, 6.45) is 0.646. The van der Waals surface area contributed by atoms with Crippen LogP contribution in [0.4, 0.5) is 0 Å². The number of carbonyl (C=O) groups excluding carboxylic acids is 1. The van der Waals surface area contributed by atoms with Gasteiger partial charge in [-0.3, -0.25) is 4.79 Å². The van der Waals surface area contributed by atoms with E-state index in [1.807, 2.05) is 11.8 Å². The fourth-order valence-corrected chi connectivity index (χ4v) is 2.35. The minimum Gasteiger partial charge on any atom is -0.363 e. The molecule has 0 spiro atoms. The molecule has 1 aromatic heterocycles. The van der Waals surface area contributed by atoms with Crippen molar-refractivity contribution in [3.05, 3.63) is 11.7 Å². The number of primary amides is 1. The van der Waals surface area contributed by atoms with Crippen molar-refractivity contribution in [2.45, 2.75) is 12.5 Å². The van der Waals surface area contributed by atoms with Crippen molar-refractivity contribution >= 4 is 17.7 Å². The van der Waals surface area contributed by atoms with Crippen LogP contribution in [-0.4, -0.2) is 40.1 Å². The van der Waals surface area contributed by atoms with Crippen LogP contribution in [0.1, 0.15) is 16.5 Å². The minimum atomic E-state index is -0.657. The number of hydrogen-bond acceptors (Lipinski definition) is 6. The molecule has 1 unspecified atom stereocenters. The molecule has 82 valence electrons. The number of amides is 1. The Balaban J connectivity index is 1.94. The quantitative estimate of drug-likeness (QED) is 0.718. The lowest BCUT2D eigenvalue weighted by Crippen LogP contribution is -2.38. The summed E-state index contributed by atoms with van der Waals surface area (Å²) in [5.74, 6) is 1.91. The molecular weight excluding hydrogens is 216 g/mol. The van der Waals surface area contributed by atoms with E-state index in [0.717, 1.165) is 18.1 Å². The highest BCUT2D eigenvalue weighted by molar-refractivity contribution is 7.99. The molecule has 3 N–H and O–H groups in total. The molecule has 1 atom stereocenters. The van der Waals surface area contributed by atoms with Crippen LogP contribution in [0.2, 0.25) is 0 Å². The first-order chi connectivity index (χ1) is 7.25. The minimum absolute atomic E-state index is 0.0477. The highest BCUT2D eigenvalue weighted by Gasteiger charge is 2.18. The third kappa shape index (κ3) is 2.69. The molecule has 0 radical (unpaired) electrons. The van der Waals surface area contributed by atoms with Crippen LogP contribution in [0.5, 0.6) is 0 Å². The van der Waals surface area contributed by atoms with Gasteiger partial charge in [-0.2, -0.15) is 16.7 Å². The van der Waals surface area contributed by atoms with E-state index in [4.69, 9.17) is 10.3 Å². The number of carbonyl (C=O) groups is 1. The van der Waals surface area contributed by atoms with Crippen LogP contribution in [-0.2, 0) is 6.42 Å². The lowest BCUT2D eigenvalue weighted by Gasteiger charge is -2.21. The summed E-state index contributed by atoms with van der Waals surface area (Å²) in [5.41, 5.74) is 5.02. The zero-order chi connectivity index (χ0) is 10.7. The van der Waals surface area contributed by atoms with Crippen molar-refractivity contribution in [3.63, 3.8) is 0 Å². The molecule has 1 aliphatic rings. The van der Waals surface area contributed by atoms with Crippen molar-refractivity contribution in [3.8, 4) is 0 Å². The molecule has 1 amide bonds. The van der Waals surface area contributed by atoms with E-state index in [1.54, 1.807) is 0 Å². The summed E-state index contributed by atoms with van der Waals surface area (Å²) in [6.45, 7) is 0.992. The molecule has 15 heavy (non-hydrogen) atoms. The van der Waals surface area contributed by atoms with Gasteiger partial charge < -0.3 is 15.6 Å². The topological polar surface area (TPSA) is 94.0 Å². The maximum absolute atomic E-state index is 10.7. The highest BCUT2D eigenvalue weighted by Crippen LogP contribution is 2.11. The van der Waals surface area contributed by atoms with Gasteiger partial charge in [-0.25, -0.2) is 0 Å². The van der Waals surface area contributed by atoms with E-state index in [0.29, 0.717) is 18.4 Å². The number of aromatic nitrogens is 2. The Morgan fingerprint density at radius 1 is 1.73 bits per heavy atom. The van der Waals surface area contributed by atoms with Gasteiger partial charge in [-0.1, -0.05) is 5.16 Å². The molecule has 1 aromatic rings. The Labute approximate surface area is 91.0 Å². The van der Waals surface area contributed by atoms with Gasteiger partial charge in [0.25, 0.3) is 11.7 Å². The number of thioether (sulfide) groups is 1. The van der Waals surface area contributed by atoms with Crippen LogP contribution in [0, 0.1) is 0 Å². The molecule has 1 saturated heterocycles. The van der Waals surface area contributed by atoms with Gasteiger partial charge in [0.05, 0.1) is 0 Å². The molecule has 1 fully saturated rings. The third-order valence-corrected chi connectivity index (χ3v) is 3.24.